The van der Waals surface area contributed by atoms with Gasteiger partial charge in [0.05, 0.1) is 17.6 Å². The van der Waals surface area contributed by atoms with Crippen LogP contribution in [0.5, 0.6) is 0 Å². The molecule has 1 saturated heterocycles. The number of ether oxygens (including phenoxy) is 1. The number of sulfonamides is 1. The molecule has 1 aliphatic heterocycles. The molecule has 0 bridgehead atoms. The van der Waals surface area contributed by atoms with E-state index in [-0.39, 0.29) is 17.5 Å². The normalized spacial score (nSPS) is 21.5. The highest BCUT2D eigenvalue weighted by Gasteiger charge is 2.29. The van der Waals surface area contributed by atoms with Crippen molar-refractivity contribution in [2.24, 2.45) is 5.73 Å². The fourth-order valence-corrected chi connectivity index (χ4v) is 3.86. The predicted octanol–water partition coefficient (Wildman–Crippen LogP) is 1.21. The zero-order chi connectivity index (χ0) is 14.0. The van der Waals surface area contributed by atoms with E-state index in [1.807, 2.05) is 6.92 Å². The SMILES string of the molecule is CC1CN(S(=O)(=O)c2ccc(CN)c(Cl)c2)CCO1. The molecule has 0 spiro atoms. The summed E-state index contributed by atoms with van der Waals surface area (Å²) in [5.41, 5.74) is 6.24. The topological polar surface area (TPSA) is 72.6 Å². The van der Waals surface area contributed by atoms with E-state index in [4.69, 9.17) is 22.1 Å². The third kappa shape index (κ3) is 3.09. The van der Waals surface area contributed by atoms with Crippen LogP contribution in [0.4, 0.5) is 0 Å². The predicted molar refractivity (Wildman–Crippen MR) is 73.5 cm³/mol. The van der Waals surface area contributed by atoms with Gasteiger partial charge in [0.25, 0.3) is 0 Å². The average molecular weight is 305 g/mol. The zero-order valence-corrected chi connectivity index (χ0v) is 12.2. The summed E-state index contributed by atoms with van der Waals surface area (Å²) in [6, 6.07) is 4.65. The van der Waals surface area contributed by atoms with Crippen molar-refractivity contribution in [2.75, 3.05) is 19.7 Å². The second-order valence-electron chi connectivity index (χ2n) is 4.50. The highest BCUT2D eigenvalue weighted by atomic mass is 35.5. The number of hydrogen-bond acceptors (Lipinski definition) is 4. The molecule has 7 heteroatoms. The largest absolute Gasteiger partial charge is 0.376 e. The third-order valence-electron chi connectivity index (χ3n) is 3.09. The third-order valence-corrected chi connectivity index (χ3v) is 5.30. The van der Waals surface area contributed by atoms with Crippen LogP contribution in [0, 0.1) is 0 Å². The standard InChI is InChI=1S/C12H17ClN2O3S/c1-9-8-15(4-5-18-9)19(16,17)11-3-2-10(7-14)12(13)6-11/h2-3,6,9H,4-5,7-8,14H2,1H3. The first-order chi connectivity index (χ1) is 8.95. The Morgan fingerprint density at radius 3 is 2.84 bits per heavy atom. The monoisotopic (exact) mass is 304 g/mol. The van der Waals surface area contributed by atoms with Crippen LogP contribution in [0.25, 0.3) is 0 Å². The minimum atomic E-state index is -3.51. The Kier molecular flexibility index (Phi) is 4.47. The molecule has 1 fully saturated rings. The van der Waals surface area contributed by atoms with Crippen molar-refractivity contribution in [2.45, 2.75) is 24.5 Å². The molecule has 1 heterocycles. The van der Waals surface area contributed by atoms with Gasteiger partial charge in [-0.05, 0) is 24.6 Å². The van der Waals surface area contributed by atoms with Gasteiger partial charge in [0.1, 0.15) is 0 Å². The summed E-state index contributed by atoms with van der Waals surface area (Å²) in [6.45, 7) is 3.27. The van der Waals surface area contributed by atoms with Gasteiger partial charge in [-0.2, -0.15) is 4.31 Å². The fourth-order valence-electron chi connectivity index (χ4n) is 2.01. The Balaban J connectivity index is 2.31. The van der Waals surface area contributed by atoms with Gasteiger partial charge in [0.15, 0.2) is 0 Å². The molecule has 19 heavy (non-hydrogen) atoms. The van der Waals surface area contributed by atoms with E-state index in [1.165, 1.54) is 10.4 Å². The van der Waals surface area contributed by atoms with E-state index < -0.39 is 10.0 Å². The summed E-state index contributed by atoms with van der Waals surface area (Å²) >= 11 is 6.02. The summed E-state index contributed by atoms with van der Waals surface area (Å²) in [6.07, 6.45) is -0.0951. The van der Waals surface area contributed by atoms with Gasteiger partial charge in [-0.1, -0.05) is 17.7 Å². The molecule has 0 aromatic heterocycles. The summed E-state index contributed by atoms with van der Waals surface area (Å²) in [5.74, 6) is 0. The van der Waals surface area contributed by atoms with Crippen LogP contribution in [-0.4, -0.2) is 38.5 Å². The molecule has 0 amide bonds. The smallest absolute Gasteiger partial charge is 0.243 e. The molecule has 1 aliphatic rings. The van der Waals surface area contributed by atoms with Gasteiger partial charge in [0, 0.05) is 24.7 Å². The van der Waals surface area contributed by atoms with Crippen molar-refractivity contribution in [3.63, 3.8) is 0 Å². The first-order valence-electron chi connectivity index (χ1n) is 6.05. The van der Waals surface area contributed by atoms with Gasteiger partial charge >= 0.3 is 0 Å². The van der Waals surface area contributed by atoms with Crippen molar-refractivity contribution in [1.29, 1.82) is 0 Å². The van der Waals surface area contributed by atoms with E-state index in [0.29, 0.717) is 24.7 Å². The second-order valence-corrected chi connectivity index (χ2v) is 6.85. The van der Waals surface area contributed by atoms with E-state index >= 15 is 0 Å². The molecule has 5 nitrogen and oxygen atoms in total. The molecular weight excluding hydrogens is 288 g/mol. The van der Waals surface area contributed by atoms with Crippen molar-refractivity contribution in [3.8, 4) is 0 Å². The van der Waals surface area contributed by atoms with Gasteiger partial charge in [-0.15, -0.1) is 0 Å². The maximum atomic E-state index is 12.5. The lowest BCUT2D eigenvalue weighted by atomic mass is 10.2. The van der Waals surface area contributed by atoms with Crippen LogP contribution >= 0.6 is 11.6 Å². The van der Waals surface area contributed by atoms with Crippen molar-refractivity contribution in [1.82, 2.24) is 4.31 Å². The van der Waals surface area contributed by atoms with Crippen molar-refractivity contribution in [3.05, 3.63) is 28.8 Å². The Morgan fingerprint density at radius 1 is 1.53 bits per heavy atom. The van der Waals surface area contributed by atoms with Crippen LogP contribution in [0.3, 0.4) is 0 Å². The summed E-state index contributed by atoms with van der Waals surface area (Å²) < 4.78 is 31.7. The van der Waals surface area contributed by atoms with Crippen LogP contribution in [-0.2, 0) is 21.3 Å². The highest BCUT2D eigenvalue weighted by molar-refractivity contribution is 7.89. The maximum Gasteiger partial charge on any atom is 0.243 e. The summed E-state index contributed by atoms with van der Waals surface area (Å²) in [4.78, 5) is 0.198. The van der Waals surface area contributed by atoms with E-state index in [2.05, 4.69) is 0 Å². The van der Waals surface area contributed by atoms with Crippen LogP contribution < -0.4 is 5.73 Å². The number of nitrogens with zero attached hydrogens (tertiary/aromatic N) is 1. The quantitative estimate of drug-likeness (QED) is 0.911. The molecule has 1 unspecified atom stereocenters. The Morgan fingerprint density at radius 2 is 2.26 bits per heavy atom. The average Bonchev–Trinajstić information content (AvgIpc) is 2.38. The van der Waals surface area contributed by atoms with Gasteiger partial charge in [-0.25, -0.2) is 8.42 Å². The van der Waals surface area contributed by atoms with Crippen molar-refractivity contribution < 1.29 is 13.2 Å². The Bertz CT molecular complexity index is 562. The van der Waals surface area contributed by atoms with Gasteiger partial charge < -0.3 is 10.5 Å². The first-order valence-corrected chi connectivity index (χ1v) is 7.87. The number of rotatable bonds is 3. The molecule has 0 aliphatic carbocycles. The fraction of sp³-hybridized carbons (Fsp3) is 0.500. The zero-order valence-electron chi connectivity index (χ0n) is 10.7. The van der Waals surface area contributed by atoms with Crippen LogP contribution in [0.15, 0.2) is 23.1 Å². The van der Waals surface area contributed by atoms with Crippen LogP contribution in [0.1, 0.15) is 12.5 Å². The molecule has 2 rings (SSSR count). The lowest BCUT2D eigenvalue weighted by molar-refractivity contribution is 0.0102. The van der Waals surface area contributed by atoms with E-state index in [9.17, 15) is 8.42 Å². The molecule has 0 radical (unpaired) electrons. The Hall–Kier alpha value is -0.660. The first kappa shape index (κ1) is 14.7. The molecule has 106 valence electrons. The van der Waals surface area contributed by atoms with E-state index in [0.717, 1.165) is 5.56 Å². The molecule has 1 aromatic rings. The Labute approximate surface area is 118 Å². The number of benzene rings is 1. The number of morpholine rings is 1. The lowest BCUT2D eigenvalue weighted by Gasteiger charge is -2.30. The molecule has 2 N–H and O–H groups in total. The van der Waals surface area contributed by atoms with Gasteiger partial charge in [-0.3, -0.25) is 0 Å². The minimum absolute atomic E-state index is 0.0951. The number of nitrogens with two attached hydrogens (primary N) is 1. The molecule has 1 atom stereocenters. The van der Waals surface area contributed by atoms with Gasteiger partial charge in [0.2, 0.25) is 10.0 Å². The lowest BCUT2D eigenvalue weighted by Crippen LogP contribution is -2.44. The number of hydrogen-bond donors (Lipinski definition) is 1. The number of halogens is 1. The second kappa shape index (κ2) is 5.76. The van der Waals surface area contributed by atoms with E-state index in [1.54, 1.807) is 12.1 Å². The minimum Gasteiger partial charge on any atom is -0.376 e. The summed E-state index contributed by atoms with van der Waals surface area (Å²) in [5, 5.41) is 0.380. The highest BCUT2D eigenvalue weighted by Crippen LogP contribution is 2.24. The van der Waals surface area contributed by atoms with Crippen LogP contribution in [0.2, 0.25) is 5.02 Å². The van der Waals surface area contributed by atoms with Crippen molar-refractivity contribution >= 4 is 21.6 Å². The summed E-state index contributed by atoms with van der Waals surface area (Å²) in [7, 11) is -3.51. The molecular formula is C12H17ClN2O3S. The molecule has 0 saturated carbocycles. The molecule has 1 aromatic carbocycles. The maximum absolute atomic E-state index is 12.5.